The molecule has 0 saturated carbocycles. The number of rotatable bonds is 66. The van der Waals surface area contributed by atoms with Crippen molar-refractivity contribution in [3.05, 3.63) is 0 Å². The third kappa shape index (κ3) is 59.7. The molecule has 0 bridgehead atoms. The Morgan fingerprint density at radius 2 is 0.593 bits per heavy atom. The van der Waals surface area contributed by atoms with Crippen LogP contribution in [0, 0.1) is 11.8 Å². The standard InChI is InChI=1S/C67H130O17P2/c1-7-10-12-14-16-18-20-25-33-39-45-51-66(71)83-62(55-77-64(69)49-43-37-31-24-19-17-15-13-11-8-2)57-81-85(73,74)79-53-61(68)54-80-86(75,76)82-58-63(56-78-65(70)50-44-38-32-28-27-29-35-41-47-59(4)5)84-67(72)52-46-40-34-26-22-21-23-30-36-42-48-60(6)9-3/h59-63,68H,7-58H2,1-6H3,(H,73,74)(H,75,76)/t60?,61-,62+,63+/m0/s1. The number of ether oxygens (including phenoxy) is 4. The zero-order valence-corrected chi connectivity index (χ0v) is 57.4. The van der Waals surface area contributed by atoms with E-state index in [4.69, 9.17) is 37.0 Å². The number of aliphatic hydroxyl groups excluding tert-OH is 1. The van der Waals surface area contributed by atoms with Crippen LogP contribution in [0.25, 0.3) is 0 Å². The first kappa shape index (κ1) is 84.1. The summed E-state index contributed by atoms with van der Waals surface area (Å²) < 4.78 is 68.1. The van der Waals surface area contributed by atoms with Crippen LogP contribution in [0.1, 0.15) is 337 Å². The predicted octanol–water partition coefficient (Wildman–Crippen LogP) is 18.8. The largest absolute Gasteiger partial charge is 0.472 e. The number of phosphoric acid groups is 2. The highest BCUT2D eigenvalue weighted by molar-refractivity contribution is 7.47. The van der Waals surface area contributed by atoms with E-state index in [9.17, 15) is 43.2 Å². The Bertz CT molecular complexity index is 1690. The summed E-state index contributed by atoms with van der Waals surface area (Å²) in [4.78, 5) is 72.4. The molecule has 0 radical (unpaired) electrons. The van der Waals surface area contributed by atoms with Gasteiger partial charge in [0, 0.05) is 25.7 Å². The summed E-state index contributed by atoms with van der Waals surface area (Å²) in [5.74, 6) is -0.599. The van der Waals surface area contributed by atoms with Crippen molar-refractivity contribution in [1.29, 1.82) is 0 Å². The third-order valence-corrected chi connectivity index (χ3v) is 17.7. The summed E-state index contributed by atoms with van der Waals surface area (Å²) in [6, 6.07) is 0. The molecule has 0 aliphatic carbocycles. The fourth-order valence-corrected chi connectivity index (χ4v) is 11.6. The van der Waals surface area contributed by atoms with Gasteiger partial charge in [0.1, 0.15) is 19.3 Å². The van der Waals surface area contributed by atoms with E-state index in [2.05, 4.69) is 41.5 Å². The molecule has 19 heteroatoms. The van der Waals surface area contributed by atoms with Gasteiger partial charge in [-0.3, -0.25) is 37.3 Å². The molecule has 0 saturated heterocycles. The van der Waals surface area contributed by atoms with Gasteiger partial charge in [0.15, 0.2) is 12.2 Å². The van der Waals surface area contributed by atoms with E-state index in [1.807, 2.05) is 0 Å². The van der Waals surface area contributed by atoms with Gasteiger partial charge in [-0.1, -0.05) is 286 Å². The van der Waals surface area contributed by atoms with E-state index in [1.54, 1.807) is 0 Å². The second kappa shape index (κ2) is 59.4. The van der Waals surface area contributed by atoms with Crippen LogP contribution in [0.15, 0.2) is 0 Å². The first-order valence-corrected chi connectivity index (χ1v) is 38.0. The maximum Gasteiger partial charge on any atom is 0.472 e. The van der Waals surface area contributed by atoms with Crippen molar-refractivity contribution in [2.24, 2.45) is 11.8 Å². The highest BCUT2D eigenvalue weighted by Crippen LogP contribution is 2.45. The fraction of sp³-hybridized carbons (Fsp3) is 0.940. The first-order valence-electron chi connectivity index (χ1n) is 35.0. The van der Waals surface area contributed by atoms with E-state index in [1.165, 1.54) is 154 Å². The number of phosphoric ester groups is 2. The minimum atomic E-state index is -4.95. The highest BCUT2D eigenvalue weighted by atomic mass is 31.2. The lowest BCUT2D eigenvalue weighted by Gasteiger charge is -2.21. The van der Waals surface area contributed by atoms with Gasteiger partial charge in [0.05, 0.1) is 26.4 Å². The Hall–Kier alpha value is -1.94. The van der Waals surface area contributed by atoms with Crippen LogP contribution in [0.5, 0.6) is 0 Å². The van der Waals surface area contributed by atoms with Crippen molar-refractivity contribution in [2.45, 2.75) is 355 Å². The molecular formula is C67H130O17P2. The SMILES string of the molecule is CCCCCCCCCCCCCC(=O)O[C@H](COC(=O)CCCCCCCCCCCC)COP(=O)(O)OC[C@H](O)COP(=O)(O)OC[C@@H](COC(=O)CCCCCCCCCCC(C)C)OC(=O)CCCCCCCCCCCCC(C)CC. The molecule has 86 heavy (non-hydrogen) atoms. The molecule has 0 aromatic heterocycles. The van der Waals surface area contributed by atoms with Crippen LogP contribution in [0.4, 0.5) is 0 Å². The molecule has 0 spiro atoms. The van der Waals surface area contributed by atoms with Crippen molar-refractivity contribution >= 4 is 39.5 Å². The van der Waals surface area contributed by atoms with Crippen LogP contribution in [-0.2, 0) is 65.4 Å². The Balaban J connectivity index is 5.25. The number of carbonyl (C=O) groups is 4. The van der Waals surface area contributed by atoms with Gasteiger partial charge in [-0.15, -0.1) is 0 Å². The summed E-state index contributed by atoms with van der Waals surface area (Å²) in [6.45, 7) is 9.50. The number of carbonyl (C=O) groups excluding carboxylic acids is 4. The van der Waals surface area contributed by atoms with Gasteiger partial charge in [-0.25, -0.2) is 9.13 Å². The molecule has 510 valence electrons. The molecular weight excluding hydrogens is 1140 g/mol. The topological polar surface area (TPSA) is 237 Å². The third-order valence-electron chi connectivity index (χ3n) is 15.8. The number of aliphatic hydroxyl groups is 1. The molecule has 0 aliphatic heterocycles. The average molecular weight is 1270 g/mol. The summed E-state index contributed by atoms with van der Waals surface area (Å²) in [5.41, 5.74) is 0. The second-order valence-corrected chi connectivity index (χ2v) is 27.8. The normalized spacial score (nSPS) is 14.5. The zero-order valence-electron chi connectivity index (χ0n) is 55.6. The fourth-order valence-electron chi connectivity index (χ4n) is 10.0. The minimum absolute atomic E-state index is 0.106. The molecule has 0 aromatic carbocycles. The van der Waals surface area contributed by atoms with Gasteiger partial charge >= 0.3 is 39.5 Å². The van der Waals surface area contributed by atoms with Crippen LogP contribution in [0.2, 0.25) is 0 Å². The second-order valence-electron chi connectivity index (χ2n) is 24.9. The molecule has 0 fully saturated rings. The lowest BCUT2D eigenvalue weighted by Crippen LogP contribution is -2.30. The van der Waals surface area contributed by atoms with E-state index < -0.39 is 97.5 Å². The van der Waals surface area contributed by atoms with Gasteiger partial charge in [-0.05, 0) is 37.5 Å². The minimum Gasteiger partial charge on any atom is -0.462 e. The molecule has 0 amide bonds. The smallest absolute Gasteiger partial charge is 0.462 e. The highest BCUT2D eigenvalue weighted by Gasteiger charge is 2.30. The molecule has 0 aliphatic rings. The molecule has 6 atom stereocenters. The van der Waals surface area contributed by atoms with Gasteiger partial charge in [0.2, 0.25) is 0 Å². The summed E-state index contributed by atoms with van der Waals surface area (Å²) in [5, 5.41) is 10.6. The van der Waals surface area contributed by atoms with E-state index in [-0.39, 0.29) is 25.7 Å². The van der Waals surface area contributed by atoms with E-state index in [0.717, 1.165) is 102 Å². The lowest BCUT2D eigenvalue weighted by atomic mass is 9.99. The maximum atomic E-state index is 13.0. The maximum absolute atomic E-state index is 13.0. The Labute approximate surface area is 524 Å². The zero-order chi connectivity index (χ0) is 63.6. The first-order chi connectivity index (χ1) is 41.4. The number of unbranched alkanes of at least 4 members (excludes halogenated alkanes) is 35. The number of esters is 4. The van der Waals surface area contributed by atoms with Crippen LogP contribution < -0.4 is 0 Å². The van der Waals surface area contributed by atoms with Gasteiger partial charge < -0.3 is 33.8 Å². The Morgan fingerprint density at radius 3 is 0.884 bits per heavy atom. The van der Waals surface area contributed by atoms with E-state index >= 15 is 0 Å². The quantitative estimate of drug-likeness (QED) is 0.0222. The van der Waals surface area contributed by atoms with Crippen molar-refractivity contribution in [3.63, 3.8) is 0 Å². The van der Waals surface area contributed by atoms with Crippen molar-refractivity contribution < 1.29 is 80.2 Å². The predicted molar refractivity (Wildman–Crippen MR) is 345 cm³/mol. The molecule has 17 nitrogen and oxygen atoms in total. The summed E-state index contributed by atoms with van der Waals surface area (Å²) in [7, 11) is -9.89. The van der Waals surface area contributed by atoms with Crippen molar-refractivity contribution in [2.75, 3.05) is 39.6 Å². The van der Waals surface area contributed by atoms with Crippen LogP contribution in [-0.4, -0.2) is 96.7 Å². The molecule has 0 aromatic rings. The molecule has 0 heterocycles. The number of hydrogen-bond acceptors (Lipinski definition) is 15. The molecule has 3 unspecified atom stereocenters. The number of hydrogen-bond donors (Lipinski definition) is 3. The molecule has 3 N–H and O–H groups in total. The van der Waals surface area contributed by atoms with Gasteiger partial charge in [-0.2, -0.15) is 0 Å². The van der Waals surface area contributed by atoms with Crippen molar-refractivity contribution in [1.82, 2.24) is 0 Å². The Kier molecular flexibility index (Phi) is 58.0. The van der Waals surface area contributed by atoms with Gasteiger partial charge in [0.25, 0.3) is 0 Å². The van der Waals surface area contributed by atoms with Crippen LogP contribution in [0.3, 0.4) is 0 Å². The monoisotopic (exact) mass is 1270 g/mol. The summed E-state index contributed by atoms with van der Waals surface area (Å²) in [6.07, 6.45) is 42.9. The van der Waals surface area contributed by atoms with E-state index in [0.29, 0.717) is 25.7 Å². The Morgan fingerprint density at radius 1 is 0.337 bits per heavy atom. The van der Waals surface area contributed by atoms with Crippen molar-refractivity contribution in [3.8, 4) is 0 Å². The average Bonchev–Trinajstić information content (AvgIpc) is 3.66. The van der Waals surface area contributed by atoms with Crippen LogP contribution >= 0.6 is 15.6 Å². The lowest BCUT2D eigenvalue weighted by molar-refractivity contribution is -0.161. The summed E-state index contributed by atoms with van der Waals surface area (Å²) >= 11 is 0. The molecule has 0 rings (SSSR count).